The lowest BCUT2D eigenvalue weighted by Gasteiger charge is -2.20. The minimum Gasteiger partial charge on any atom is -0.462 e. The van der Waals surface area contributed by atoms with Crippen molar-refractivity contribution in [3.8, 4) is 0 Å². The Morgan fingerprint density at radius 2 is 0.968 bits per heavy atom. The predicted molar refractivity (Wildman–Crippen MR) is 245 cm³/mol. The Morgan fingerprint density at radius 1 is 0.516 bits per heavy atom. The first-order valence-corrected chi connectivity index (χ1v) is 25.4. The topological polar surface area (TPSA) is 216 Å². The summed E-state index contributed by atoms with van der Waals surface area (Å²) in [7, 11) is -9.73. The van der Waals surface area contributed by atoms with Gasteiger partial charge in [-0.25, -0.2) is 9.13 Å². The van der Waals surface area contributed by atoms with E-state index in [1.165, 1.54) is 38.5 Å². The molecule has 356 valence electrons. The van der Waals surface area contributed by atoms with Gasteiger partial charge in [-0.3, -0.25) is 23.2 Å². The molecule has 0 saturated heterocycles. The lowest BCUT2D eigenvalue weighted by atomic mass is 10.1. The second kappa shape index (κ2) is 41.0. The van der Waals surface area contributed by atoms with Crippen LogP contribution in [0, 0.1) is 0 Å². The number of phosphoric acid groups is 2. The molecule has 1 unspecified atom stereocenters. The largest absolute Gasteiger partial charge is 0.472 e. The summed E-state index contributed by atoms with van der Waals surface area (Å²) in [6.07, 6.45) is 43.5. The molecule has 0 fully saturated rings. The van der Waals surface area contributed by atoms with Crippen LogP contribution in [-0.4, -0.2) is 81.6 Å². The molecule has 0 aromatic rings. The van der Waals surface area contributed by atoms with E-state index < -0.39 is 66.2 Å². The summed E-state index contributed by atoms with van der Waals surface area (Å²) in [6, 6.07) is 0. The first kappa shape index (κ1) is 59.3. The minimum absolute atomic E-state index is 0.0356. The van der Waals surface area contributed by atoms with Crippen molar-refractivity contribution in [1.29, 1.82) is 0 Å². The smallest absolute Gasteiger partial charge is 0.462 e. The van der Waals surface area contributed by atoms with Crippen LogP contribution in [0.1, 0.15) is 149 Å². The molecule has 0 bridgehead atoms. The first-order valence-electron chi connectivity index (χ1n) is 22.4. The van der Waals surface area contributed by atoms with Gasteiger partial charge < -0.3 is 34.4 Å². The number of carbonyl (C=O) groups is 2. The van der Waals surface area contributed by atoms with Gasteiger partial charge >= 0.3 is 27.6 Å². The number of hydrogen-bond donors (Lipinski definition) is 5. The van der Waals surface area contributed by atoms with E-state index in [0.29, 0.717) is 25.7 Å². The number of carbonyl (C=O) groups excluding carboxylic acids is 2. The van der Waals surface area contributed by atoms with Crippen LogP contribution in [0.25, 0.3) is 0 Å². The zero-order valence-corrected chi connectivity index (χ0v) is 39.1. The monoisotopic (exact) mass is 916 g/mol. The van der Waals surface area contributed by atoms with E-state index in [4.69, 9.17) is 23.8 Å². The van der Waals surface area contributed by atoms with E-state index in [9.17, 15) is 33.8 Å². The van der Waals surface area contributed by atoms with Gasteiger partial charge in [-0.1, -0.05) is 144 Å². The summed E-state index contributed by atoms with van der Waals surface area (Å²) in [5.74, 6) is -1.19. The van der Waals surface area contributed by atoms with Gasteiger partial charge in [-0.2, -0.15) is 0 Å². The molecule has 14 nitrogen and oxygen atoms in total. The Kier molecular flexibility index (Phi) is 39.2. The van der Waals surface area contributed by atoms with Gasteiger partial charge in [0.05, 0.1) is 25.9 Å². The highest BCUT2D eigenvalue weighted by Gasteiger charge is 2.28. The number of esters is 2. The molecule has 0 aliphatic heterocycles. The van der Waals surface area contributed by atoms with Crippen LogP contribution >= 0.6 is 15.6 Å². The number of phosphoric ester groups is 2. The van der Waals surface area contributed by atoms with Crippen molar-refractivity contribution in [3.63, 3.8) is 0 Å². The van der Waals surface area contributed by atoms with Crippen molar-refractivity contribution >= 4 is 27.6 Å². The Morgan fingerprint density at radius 3 is 1.52 bits per heavy atom. The molecule has 0 aliphatic carbocycles. The molecule has 0 saturated carbocycles. The van der Waals surface area contributed by atoms with Gasteiger partial charge in [0.15, 0.2) is 6.10 Å². The van der Waals surface area contributed by atoms with E-state index in [-0.39, 0.29) is 18.9 Å². The quantitative estimate of drug-likeness (QED) is 0.0167. The lowest BCUT2D eigenvalue weighted by Crippen LogP contribution is -2.29. The fourth-order valence-corrected chi connectivity index (χ4v) is 6.53. The summed E-state index contributed by atoms with van der Waals surface area (Å²) in [6.45, 7) is 1.46. The van der Waals surface area contributed by atoms with Crippen molar-refractivity contribution in [1.82, 2.24) is 0 Å². The van der Waals surface area contributed by atoms with E-state index in [0.717, 1.165) is 57.8 Å². The number of aliphatic hydroxyl groups excluding tert-OH is 2. The van der Waals surface area contributed by atoms with E-state index >= 15 is 0 Å². The molecule has 0 aromatic carbocycles. The average molecular weight is 917 g/mol. The Hall–Kier alpha value is -2.74. The zero-order chi connectivity index (χ0) is 46.0. The molecular formula is C46H78O14P2. The van der Waals surface area contributed by atoms with E-state index in [1.807, 2.05) is 36.5 Å². The molecule has 0 aliphatic rings. The van der Waals surface area contributed by atoms with Crippen LogP contribution in [0.5, 0.6) is 0 Å². The SMILES string of the molecule is CCCCCCCC/C=C\C/C=C\C/C=C\CCCC(=O)O[C@H](COC(=O)CCC/C=C\C/C=C\C/C=C\C/C=C\[C@@H](O)CCCC)COP(=O)(O)OC[C@@H](O)COP(=O)(O)O. The number of allylic oxidation sites excluding steroid dienone is 13. The molecule has 62 heavy (non-hydrogen) atoms. The van der Waals surface area contributed by atoms with Crippen LogP contribution in [0.4, 0.5) is 0 Å². The molecule has 5 N–H and O–H groups in total. The normalized spacial score (nSPS) is 15.3. The summed E-state index contributed by atoms with van der Waals surface area (Å²) in [5.41, 5.74) is 0. The fraction of sp³-hybridized carbons (Fsp3) is 0.652. The zero-order valence-electron chi connectivity index (χ0n) is 37.3. The van der Waals surface area contributed by atoms with Crippen LogP contribution < -0.4 is 0 Å². The molecule has 0 aromatic heterocycles. The van der Waals surface area contributed by atoms with Gasteiger partial charge in [0, 0.05) is 12.8 Å². The average Bonchev–Trinajstić information content (AvgIpc) is 3.23. The first-order chi connectivity index (χ1) is 29.8. The highest BCUT2D eigenvalue weighted by molar-refractivity contribution is 7.47. The highest BCUT2D eigenvalue weighted by atomic mass is 31.2. The summed E-state index contributed by atoms with van der Waals surface area (Å²) in [4.78, 5) is 52.7. The Labute approximate surface area is 371 Å². The number of hydrogen-bond acceptors (Lipinski definition) is 11. The van der Waals surface area contributed by atoms with Gasteiger partial charge in [-0.05, 0) is 77.0 Å². The van der Waals surface area contributed by atoms with Crippen molar-refractivity contribution < 1.29 is 66.7 Å². The maximum Gasteiger partial charge on any atom is 0.472 e. The van der Waals surface area contributed by atoms with Gasteiger partial charge in [0.1, 0.15) is 12.7 Å². The molecule has 0 spiro atoms. The van der Waals surface area contributed by atoms with Crippen molar-refractivity contribution in [2.75, 3.05) is 26.4 Å². The number of aliphatic hydroxyl groups is 2. The predicted octanol–water partition coefficient (Wildman–Crippen LogP) is 10.5. The molecule has 0 heterocycles. The van der Waals surface area contributed by atoms with Crippen LogP contribution in [-0.2, 0) is 41.8 Å². The van der Waals surface area contributed by atoms with Crippen molar-refractivity contribution in [2.45, 2.75) is 167 Å². The number of unbranched alkanes of at least 4 members (excludes halogenated alkanes) is 9. The standard InChI is InChI=1S/C46H78O14P2/c1-3-5-7-8-9-10-11-12-13-14-15-16-21-24-27-30-33-37-46(50)60-44(41-59-62(54,55)58-39-43(48)38-57-61(51,52)53)40-56-45(49)36-32-29-26-23-20-18-17-19-22-25-28-31-35-42(47)34-6-4-2/h12-13,15-18,22-27,31,35,42-44,47-48H,3-11,14,19-21,28-30,32-34,36-41H2,1-2H3,(H,54,55)(H2,51,52,53)/b13-12-,16-15-,18-17-,25-22-,26-23-,27-24-,35-31-/t42-,43-,44+/m0/s1. The highest BCUT2D eigenvalue weighted by Crippen LogP contribution is 2.43. The molecule has 4 atom stereocenters. The maximum absolute atomic E-state index is 12.6. The van der Waals surface area contributed by atoms with Crippen LogP contribution in [0.2, 0.25) is 0 Å². The molecule has 0 amide bonds. The number of ether oxygens (including phenoxy) is 2. The minimum atomic E-state index is -4.88. The second-order valence-corrected chi connectivity index (χ2v) is 17.5. The van der Waals surface area contributed by atoms with Gasteiger partial charge in [0.25, 0.3) is 0 Å². The maximum atomic E-state index is 12.6. The Balaban J connectivity index is 4.72. The van der Waals surface area contributed by atoms with Crippen LogP contribution in [0.15, 0.2) is 85.1 Å². The second-order valence-electron chi connectivity index (χ2n) is 14.8. The van der Waals surface area contributed by atoms with E-state index in [2.05, 4.69) is 71.5 Å². The molecule has 0 rings (SSSR count). The van der Waals surface area contributed by atoms with Crippen LogP contribution in [0.3, 0.4) is 0 Å². The van der Waals surface area contributed by atoms with Crippen molar-refractivity contribution in [2.24, 2.45) is 0 Å². The molecule has 0 radical (unpaired) electrons. The van der Waals surface area contributed by atoms with E-state index in [1.54, 1.807) is 0 Å². The summed E-state index contributed by atoms with van der Waals surface area (Å²) < 4.78 is 47.6. The van der Waals surface area contributed by atoms with Gasteiger partial charge in [0.2, 0.25) is 0 Å². The fourth-order valence-electron chi connectivity index (χ4n) is 5.37. The third-order valence-electron chi connectivity index (χ3n) is 8.82. The summed E-state index contributed by atoms with van der Waals surface area (Å²) >= 11 is 0. The Bertz CT molecular complexity index is 1430. The third kappa shape index (κ3) is 43.9. The van der Waals surface area contributed by atoms with Crippen molar-refractivity contribution in [3.05, 3.63) is 85.1 Å². The summed E-state index contributed by atoms with van der Waals surface area (Å²) in [5, 5.41) is 19.6. The number of rotatable bonds is 41. The molecule has 16 heteroatoms. The molecular weight excluding hydrogens is 838 g/mol. The third-order valence-corrected chi connectivity index (χ3v) is 10.3. The van der Waals surface area contributed by atoms with Gasteiger partial charge in [-0.15, -0.1) is 0 Å². The lowest BCUT2D eigenvalue weighted by molar-refractivity contribution is -0.161.